The monoisotopic (exact) mass is 474 g/mol. The van der Waals surface area contributed by atoms with E-state index in [2.05, 4.69) is 18.2 Å². The molecule has 7 heteroatoms. The molecule has 0 spiro atoms. The van der Waals surface area contributed by atoms with Crippen LogP contribution in [0.5, 0.6) is 5.75 Å². The first-order chi connectivity index (χ1) is 16.6. The predicted molar refractivity (Wildman–Crippen MR) is 135 cm³/mol. The average Bonchev–Trinajstić information content (AvgIpc) is 3.59. The molecule has 3 heterocycles. The molecular weight excluding hydrogens is 448 g/mol. The number of nitrogens with two attached hydrogens (primary N) is 1. The molecule has 5 rings (SSSR count). The van der Waals surface area contributed by atoms with Crippen LogP contribution in [0, 0.1) is 0 Å². The number of hydrogen-bond acceptors (Lipinski definition) is 6. The quantitative estimate of drug-likeness (QED) is 0.372. The van der Waals surface area contributed by atoms with Gasteiger partial charge in [-0.05, 0) is 66.6 Å². The summed E-state index contributed by atoms with van der Waals surface area (Å²) in [6, 6.07) is 15.9. The highest BCUT2D eigenvalue weighted by molar-refractivity contribution is 7.18. The van der Waals surface area contributed by atoms with Gasteiger partial charge in [0.2, 0.25) is 0 Å². The fraction of sp³-hybridized carbons (Fsp3) is 0.259. The number of methoxy groups -OCH3 is 1. The van der Waals surface area contributed by atoms with Crippen LogP contribution in [0.4, 0.5) is 0 Å². The first kappa shape index (κ1) is 22.4. The van der Waals surface area contributed by atoms with Gasteiger partial charge in [-0.1, -0.05) is 24.3 Å². The number of esters is 1. The van der Waals surface area contributed by atoms with Gasteiger partial charge in [0, 0.05) is 28.1 Å². The van der Waals surface area contributed by atoms with E-state index in [1.54, 1.807) is 37.6 Å². The summed E-state index contributed by atoms with van der Waals surface area (Å²) in [6.45, 7) is 2.42. The summed E-state index contributed by atoms with van der Waals surface area (Å²) in [7, 11) is 1.62. The molecule has 4 aromatic rings. The van der Waals surface area contributed by atoms with Crippen molar-refractivity contribution < 1.29 is 14.3 Å². The van der Waals surface area contributed by atoms with E-state index in [0.717, 1.165) is 50.4 Å². The van der Waals surface area contributed by atoms with Crippen LogP contribution in [0.15, 0.2) is 59.5 Å². The summed E-state index contributed by atoms with van der Waals surface area (Å²) in [6.07, 6.45) is 3.77. The first-order valence-electron chi connectivity index (χ1n) is 11.4. The second kappa shape index (κ2) is 9.08. The minimum atomic E-state index is -0.590. The van der Waals surface area contributed by atoms with Crippen LogP contribution in [0.2, 0.25) is 0 Å². The highest BCUT2D eigenvalue weighted by Crippen LogP contribution is 2.47. The number of benzene rings is 1. The molecule has 0 radical (unpaired) electrons. The summed E-state index contributed by atoms with van der Waals surface area (Å²) in [4.78, 5) is 27.8. The van der Waals surface area contributed by atoms with Crippen molar-refractivity contribution in [1.29, 1.82) is 0 Å². The predicted octanol–water partition coefficient (Wildman–Crippen LogP) is 5.22. The van der Waals surface area contributed by atoms with Crippen molar-refractivity contribution in [2.75, 3.05) is 13.7 Å². The molecule has 1 fully saturated rings. The summed E-state index contributed by atoms with van der Waals surface area (Å²) in [5.41, 5.74) is 10.4. The van der Waals surface area contributed by atoms with Gasteiger partial charge in [0.25, 0.3) is 5.56 Å². The highest BCUT2D eigenvalue weighted by Gasteiger charge is 2.31. The zero-order chi connectivity index (χ0) is 23.8. The van der Waals surface area contributed by atoms with E-state index in [0.29, 0.717) is 18.2 Å². The van der Waals surface area contributed by atoms with Gasteiger partial charge in [0.15, 0.2) is 5.75 Å². The lowest BCUT2D eigenvalue weighted by Gasteiger charge is -2.16. The number of nitrogens with zero attached hydrogens (tertiary/aromatic N) is 1. The van der Waals surface area contributed by atoms with Gasteiger partial charge in [-0.3, -0.25) is 9.20 Å². The van der Waals surface area contributed by atoms with Gasteiger partial charge in [0.05, 0.1) is 19.2 Å². The van der Waals surface area contributed by atoms with Crippen molar-refractivity contribution in [3.63, 3.8) is 0 Å². The van der Waals surface area contributed by atoms with Gasteiger partial charge < -0.3 is 15.2 Å². The largest absolute Gasteiger partial charge is 0.494 e. The molecule has 174 valence electrons. The molecule has 6 nitrogen and oxygen atoms in total. The Morgan fingerprint density at radius 2 is 1.85 bits per heavy atom. The summed E-state index contributed by atoms with van der Waals surface area (Å²) in [5, 5.41) is 0. The van der Waals surface area contributed by atoms with Crippen LogP contribution in [-0.2, 0) is 11.3 Å². The zero-order valence-corrected chi connectivity index (χ0v) is 20.0. The smallest absolute Gasteiger partial charge is 0.343 e. The molecular formula is C27H26N2O4S. The molecule has 1 aliphatic rings. The third-order valence-electron chi connectivity index (χ3n) is 6.20. The van der Waals surface area contributed by atoms with Crippen LogP contribution >= 0.6 is 11.3 Å². The Bertz CT molecular complexity index is 1450. The Morgan fingerprint density at radius 3 is 2.53 bits per heavy atom. The maximum Gasteiger partial charge on any atom is 0.343 e. The Balaban J connectivity index is 1.69. The second-order valence-electron chi connectivity index (χ2n) is 8.32. The van der Waals surface area contributed by atoms with Crippen LogP contribution in [0.3, 0.4) is 0 Å². The number of aromatic nitrogens is 1. The molecule has 0 amide bonds. The number of carbonyl (C=O) groups excluding carboxylic acids is 1. The summed E-state index contributed by atoms with van der Waals surface area (Å²) >= 11 is 1.66. The van der Waals surface area contributed by atoms with E-state index < -0.39 is 11.5 Å². The van der Waals surface area contributed by atoms with Gasteiger partial charge in [-0.25, -0.2) is 4.79 Å². The van der Waals surface area contributed by atoms with Crippen LogP contribution in [-0.4, -0.2) is 24.1 Å². The SMILES string of the molecule is CCOC(=O)c1cc(C2CC2)c2c(OC)c(-c3ccc(-c4ccccc4CN)s3)ccn2c1=O. The lowest BCUT2D eigenvalue weighted by atomic mass is 10.0. The molecule has 0 aliphatic heterocycles. The Morgan fingerprint density at radius 1 is 1.12 bits per heavy atom. The number of rotatable bonds is 7. The van der Waals surface area contributed by atoms with E-state index in [4.69, 9.17) is 15.2 Å². The standard InChI is InChI=1S/C27H26N2O4S/c1-3-33-27(31)21-14-20(16-8-9-16)24-25(32-2)19(12-13-29(24)26(21)30)23-11-10-22(34-23)18-7-5-4-6-17(18)15-28/h4-7,10-14,16H,3,8-9,15,28H2,1-2H3. The number of fused-ring (bicyclic) bond motifs is 1. The van der Waals surface area contributed by atoms with Crippen molar-refractivity contribution in [2.24, 2.45) is 5.73 Å². The Labute approximate surface area is 201 Å². The number of hydrogen-bond donors (Lipinski definition) is 1. The highest BCUT2D eigenvalue weighted by atomic mass is 32.1. The summed E-state index contributed by atoms with van der Waals surface area (Å²) in [5.74, 6) is 0.342. The molecule has 34 heavy (non-hydrogen) atoms. The van der Waals surface area contributed by atoms with E-state index in [9.17, 15) is 9.59 Å². The minimum Gasteiger partial charge on any atom is -0.494 e. The van der Waals surface area contributed by atoms with Gasteiger partial charge in [-0.15, -0.1) is 11.3 Å². The van der Waals surface area contributed by atoms with E-state index in [-0.39, 0.29) is 12.2 Å². The average molecular weight is 475 g/mol. The molecule has 2 N–H and O–H groups in total. The molecule has 0 saturated heterocycles. The molecule has 1 aliphatic carbocycles. The number of pyridine rings is 2. The lowest BCUT2D eigenvalue weighted by Crippen LogP contribution is -2.24. The molecule has 1 aromatic carbocycles. The fourth-order valence-electron chi connectivity index (χ4n) is 4.42. The number of carbonyl (C=O) groups is 1. The first-order valence-corrected chi connectivity index (χ1v) is 12.2. The van der Waals surface area contributed by atoms with Crippen LogP contribution < -0.4 is 16.0 Å². The van der Waals surface area contributed by atoms with Gasteiger partial charge in [0.1, 0.15) is 5.56 Å². The normalized spacial score (nSPS) is 13.3. The maximum atomic E-state index is 13.2. The molecule has 0 unspecified atom stereocenters. The lowest BCUT2D eigenvalue weighted by molar-refractivity contribution is 0.0524. The van der Waals surface area contributed by atoms with Gasteiger partial charge >= 0.3 is 5.97 Å². The van der Waals surface area contributed by atoms with E-state index in [1.807, 2.05) is 24.3 Å². The minimum absolute atomic E-state index is 0.0628. The Kier molecular flexibility index (Phi) is 5.98. The van der Waals surface area contributed by atoms with Crippen molar-refractivity contribution >= 4 is 22.8 Å². The van der Waals surface area contributed by atoms with E-state index >= 15 is 0 Å². The molecule has 0 bridgehead atoms. The van der Waals surface area contributed by atoms with Crippen molar-refractivity contribution in [3.05, 3.63) is 81.8 Å². The second-order valence-corrected chi connectivity index (χ2v) is 9.40. The van der Waals surface area contributed by atoms with Crippen molar-refractivity contribution in [3.8, 4) is 26.6 Å². The number of ether oxygens (including phenoxy) is 2. The third-order valence-corrected chi connectivity index (χ3v) is 7.36. The van der Waals surface area contributed by atoms with Gasteiger partial charge in [-0.2, -0.15) is 0 Å². The molecule has 1 saturated carbocycles. The fourth-order valence-corrected chi connectivity index (χ4v) is 5.51. The zero-order valence-electron chi connectivity index (χ0n) is 19.2. The third kappa shape index (κ3) is 3.81. The maximum absolute atomic E-state index is 13.2. The number of thiophene rings is 1. The van der Waals surface area contributed by atoms with Crippen molar-refractivity contribution in [1.82, 2.24) is 4.40 Å². The van der Waals surface area contributed by atoms with Crippen LogP contribution in [0.25, 0.3) is 26.4 Å². The van der Waals surface area contributed by atoms with E-state index in [1.165, 1.54) is 4.40 Å². The topological polar surface area (TPSA) is 83.0 Å². The van der Waals surface area contributed by atoms with Crippen molar-refractivity contribution in [2.45, 2.75) is 32.2 Å². The molecule has 3 aromatic heterocycles. The summed E-state index contributed by atoms with van der Waals surface area (Å²) < 4.78 is 12.6. The van der Waals surface area contributed by atoms with Crippen LogP contribution in [0.1, 0.15) is 47.2 Å². The molecule has 0 atom stereocenters. The Hall–Kier alpha value is -3.42.